The monoisotopic (exact) mass is 386 g/mol. The number of rotatable bonds is 4. The first-order valence-corrected chi connectivity index (χ1v) is 11.1. The lowest BCUT2D eigenvalue weighted by atomic mass is 10.1. The molecule has 2 aliphatic rings. The molecule has 0 N–H and O–H groups in total. The molecule has 0 radical (unpaired) electrons. The molecule has 2 atom stereocenters. The minimum absolute atomic E-state index is 0.00985. The molecule has 0 spiro atoms. The van der Waals surface area contributed by atoms with Crippen molar-refractivity contribution in [3.63, 3.8) is 0 Å². The van der Waals surface area contributed by atoms with Crippen LogP contribution in [0.5, 0.6) is 0 Å². The molecule has 2 heterocycles. The van der Waals surface area contributed by atoms with Crippen LogP contribution in [-0.2, 0) is 17.9 Å². The van der Waals surface area contributed by atoms with E-state index >= 15 is 0 Å². The molecule has 2 saturated heterocycles. The zero-order valence-electron chi connectivity index (χ0n) is 15.6. The van der Waals surface area contributed by atoms with E-state index in [1.165, 1.54) is 19.3 Å². The summed E-state index contributed by atoms with van der Waals surface area (Å²) in [5, 5.41) is 0.00985. The van der Waals surface area contributed by atoms with E-state index in [0.29, 0.717) is 12.1 Å². The Morgan fingerprint density at radius 3 is 2.48 bits per heavy atom. The Labute approximate surface area is 164 Å². The van der Waals surface area contributed by atoms with Crippen LogP contribution in [0.25, 0.3) is 0 Å². The Morgan fingerprint density at radius 2 is 1.74 bits per heavy atom. The molecule has 2 aromatic rings. The first kappa shape index (κ1) is 18.8. The van der Waals surface area contributed by atoms with Gasteiger partial charge in [-0.05, 0) is 37.8 Å². The maximum Gasteiger partial charge on any atom is 0.160 e. The smallest absolute Gasteiger partial charge is 0.160 e. The zero-order valence-corrected chi connectivity index (χ0v) is 16.5. The lowest BCUT2D eigenvalue weighted by Crippen LogP contribution is -2.39. The van der Waals surface area contributed by atoms with E-state index in [9.17, 15) is 8.94 Å². The molecular weight excluding hydrogens is 359 g/mol. The molecule has 5 heteroatoms. The molecule has 4 rings (SSSR count). The number of halogens is 1. The van der Waals surface area contributed by atoms with Crippen LogP contribution < -0.4 is 4.90 Å². The van der Waals surface area contributed by atoms with Crippen molar-refractivity contribution in [2.75, 3.05) is 24.5 Å². The summed E-state index contributed by atoms with van der Waals surface area (Å²) in [6, 6.07) is 15.6. The zero-order chi connectivity index (χ0) is 18.6. The van der Waals surface area contributed by atoms with Crippen molar-refractivity contribution < 1.29 is 8.94 Å². The number of anilines is 1. The van der Waals surface area contributed by atoms with Crippen molar-refractivity contribution in [1.29, 1.82) is 0 Å². The van der Waals surface area contributed by atoms with E-state index < -0.39 is 11.4 Å². The number of hydrogen-bond acceptors (Lipinski definition) is 3. The summed E-state index contributed by atoms with van der Waals surface area (Å²) < 4.78 is 29.7. The van der Waals surface area contributed by atoms with Gasteiger partial charge in [0.15, 0.2) is 5.25 Å². The van der Waals surface area contributed by atoms with E-state index in [1.807, 2.05) is 46.8 Å². The second kappa shape index (κ2) is 8.63. The van der Waals surface area contributed by atoms with Crippen LogP contribution >= 0.6 is 0 Å². The normalized spacial score (nSPS) is 24.1. The molecule has 0 aromatic heterocycles. The predicted molar refractivity (Wildman–Crippen MR) is 109 cm³/mol. The Bertz CT molecular complexity index is 751. The topological polar surface area (TPSA) is 29.5 Å². The molecule has 0 amide bonds. The molecule has 0 saturated carbocycles. The van der Waals surface area contributed by atoms with Gasteiger partial charge in [0.25, 0.3) is 0 Å². The number of nitrogens with zero attached hydrogens (tertiary/aromatic N) is 2. The van der Waals surface area contributed by atoms with Crippen molar-refractivity contribution in [1.82, 2.24) is 4.31 Å². The average Bonchev–Trinajstić information content (AvgIpc) is 2.72. The van der Waals surface area contributed by atoms with Crippen molar-refractivity contribution in [2.24, 2.45) is 0 Å². The third kappa shape index (κ3) is 4.31. The molecule has 0 aliphatic carbocycles. The molecular formula is C22H27FN2OS. The quantitative estimate of drug-likeness (QED) is 0.706. The maximum atomic E-state index is 14.8. The van der Waals surface area contributed by atoms with Crippen LogP contribution in [0.1, 0.15) is 48.5 Å². The lowest BCUT2D eigenvalue weighted by molar-refractivity contribution is 0.355. The van der Waals surface area contributed by atoms with E-state index in [1.54, 1.807) is 6.07 Å². The van der Waals surface area contributed by atoms with Gasteiger partial charge in [0.1, 0.15) is 5.82 Å². The fourth-order valence-corrected chi connectivity index (χ4v) is 5.81. The highest BCUT2D eigenvalue weighted by atomic mass is 32.2. The van der Waals surface area contributed by atoms with Gasteiger partial charge in [-0.2, -0.15) is 0 Å². The Kier molecular flexibility index (Phi) is 6.01. The highest BCUT2D eigenvalue weighted by Gasteiger charge is 2.35. The van der Waals surface area contributed by atoms with E-state index in [2.05, 4.69) is 4.90 Å². The number of benzene rings is 2. The third-order valence-electron chi connectivity index (χ3n) is 5.65. The van der Waals surface area contributed by atoms with E-state index in [-0.39, 0.29) is 11.1 Å². The Balaban J connectivity index is 1.46. The van der Waals surface area contributed by atoms with Crippen molar-refractivity contribution >= 4 is 17.0 Å². The maximum absolute atomic E-state index is 14.8. The van der Waals surface area contributed by atoms with Gasteiger partial charge < -0.3 is 9.45 Å². The summed E-state index contributed by atoms with van der Waals surface area (Å²) in [6.45, 7) is 3.17. The van der Waals surface area contributed by atoms with Crippen LogP contribution in [0.3, 0.4) is 0 Å². The number of piperidine rings is 1. The van der Waals surface area contributed by atoms with Gasteiger partial charge in [0, 0.05) is 54.2 Å². The minimum atomic E-state index is -1.13. The van der Waals surface area contributed by atoms with Gasteiger partial charge >= 0.3 is 0 Å². The van der Waals surface area contributed by atoms with Gasteiger partial charge in [-0.1, -0.05) is 36.4 Å². The van der Waals surface area contributed by atoms with E-state index in [4.69, 9.17) is 0 Å². The Hall–Kier alpha value is -1.56. The predicted octanol–water partition coefficient (Wildman–Crippen LogP) is 4.82. The van der Waals surface area contributed by atoms with Crippen molar-refractivity contribution in [3.05, 3.63) is 65.5 Å². The summed E-state index contributed by atoms with van der Waals surface area (Å²) in [6.07, 6.45) is 5.52. The standard InChI is InChI=1S/C22H27FN2OS/c23-21-16-20(24-13-5-2-6-14-24)12-11-19(21)17-25-15-7-10-22(27(25)26)18-8-3-1-4-9-18/h1,3-4,8-9,11-12,16,22H,2,5-7,10,13-15,17H2/t22-,27?/m1/s1. The molecule has 2 fully saturated rings. The Morgan fingerprint density at radius 1 is 0.963 bits per heavy atom. The highest BCUT2D eigenvalue weighted by molar-refractivity contribution is 7.89. The largest absolute Gasteiger partial charge is 0.597 e. The average molecular weight is 387 g/mol. The van der Waals surface area contributed by atoms with Crippen LogP contribution in [0, 0.1) is 5.82 Å². The first-order valence-electron chi connectivity index (χ1n) is 9.96. The molecule has 2 aromatic carbocycles. The second-order valence-electron chi connectivity index (χ2n) is 7.50. The molecule has 27 heavy (non-hydrogen) atoms. The molecule has 1 unspecified atom stereocenters. The third-order valence-corrected chi connectivity index (χ3v) is 7.46. The van der Waals surface area contributed by atoms with Gasteiger partial charge in [0.2, 0.25) is 0 Å². The van der Waals surface area contributed by atoms with E-state index in [0.717, 1.165) is 43.7 Å². The molecule has 3 nitrogen and oxygen atoms in total. The molecule has 144 valence electrons. The summed E-state index contributed by atoms with van der Waals surface area (Å²) in [5.74, 6) is -0.183. The second-order valence-corrected chi connectivity index (χ2v) is 9.14. The SMILES string of the molecule is [O-][S+]1[C@@H](c2ccccc2)CCCN1Cc1ccc(N2CCCCC2)cc1F. The first-order chi connectivity index (χ1) is 13.2. The fraction of sp³-hybridized carbons (Fsp3) is 0.455. The summed E-state index contributed by atoms with van der Waals surface area (Å²) in [7, 11) is 0. The summed E-state index contributed by atoms with van der Waals surface area (Å²) >= 11 is -1.13. The van der Waals surface area contributed by atoms with Gasteiger partial charge in [-0.15, -0.1) is 4.31 Å². The van der Waals surface area contributed by atoms with Gasteiger partial charge in [0.05, 0.1) is 6.54 Å². The van der Waals surface area contributed by atoms with Crippen LogP contribution in [0.4, 0.5) is 10.1 Å². The highest BCUT2D eigenvalue weighted by Crippen LogP contribution is 2.35. The van der Waals surface area contributed by atoms with Crippen LogP contribution in [0.2, 0.25) is 0 Å². The summed E-state index contributed by atoms with van der Waals surface area (Å²) in [4.78, 5) is 2.26. The van der Waals surface area contributed by atoms with Gasteiger partial charge in [-0.3, -0.25) is 0 Å². The molecule has 2 aliphatic heterocycles. The van der Waals surface area contributed by atoms with Crippen molar-refractivity contribution in [3.8, 4) is 0 Å². The minimum Gasteiger partial charge on any atom is -0.597 e. The summed E-state index contributed by atoms with van der Waals surface area (Å²) in [5.41, 5.74) is 2.72. The van der Waals surface area contributed by atoms with Gasteiger partial charge in [-0.25, -0.2) is 4.39 Å². The van der Waals surface area contributed by atoms with Crippen molar-refractivity contribution in [2.45, 2.75) is 43.9 Å². The fourth-order valence-electron chi connectivity index (χ4n) is 4.12. The molecule has 0 bridgehead atoms. The van der Waals surface area contributed by atoms with Crippen LogP contribution in [0.15, 0.2) is 48.5 Å². The lowest BCUT2D eigenvalue weighted by Gasteiger charge is -2.34. The number of hydrogen-bond donors (Lipinski definition) is 0. The van der Waals surface area contributed by atoms with Crippen LogP contribution in [-0.4, -0.2) is 28.5 Å².